The number of nitrogens with one attached hydrogen (secondary N) is 1. The van der Waals surface area contributed by atoms with Crippen molar-refractivity contribution in [1.82, 2.24) is 10.3 Å². The molecule has 0 radical (unpaired) electrons. The highest BCUT2D eigenvalue weighted by Gasteiger charge is 2.13. The van der Waals surface area contributed by atoms with Crippen LogP contribution in [0, 0.1) is 6.92 Å². The highest BCUT2D eigenvalue weighted by Crippen LogP contribution is 2.11. The Labute approximate surface area is 63.6 Å². The topological polar surface area (TPSA) is 81.2 Å². The summed E-state index contributed by atoms with van der Waals surface area (Å²) in [5, 5.41) is 2.39. The van der Waals surface area contributed by atoms with E-state index in [1.807, 2.05) is 0 Å². The van der Waals surface area contributed by atoms with Gasteiger partial charge >= 0.3 is 0 Å². The molecule has 0 aliphatic carbocycles. The van der Waals surface area contributed by atoms with Crippen LogP contribution in [0.15, 0.2) is 4.42 Å². The fourth-order valence-electron chi connectivity index (χ4n) is 0.724. The van der Waals surface area contributed by atoms with Crippen LogP contribution in [0.1, 0.15) is 16.4 Å². The van der Waals surface area contributed by atoms with E-state index in [1.54, 1.807) is 6.92 Å². The molecule has 3 N–H and O–H groups in total. The molecule has 1 rings (SSSR count). The van der Waals surface area contributed by atoms with Gasteiger partial charge in [-0.2, -0.15) is 0 Å². The van der Waals surface area contributed by atoms with Crippen LogP contribution in [0.5, 0.6) is 0 Å². The summed E-state index contributed by atoms with van der Waals surface area (Å²) in [5.41, 5.74) is 5.47. The van der Waals surface area contributed by atoms with E-state index >= 15 is 0 Å². The molecule has 11 heavy (non-hydrogen) atoms. The predicted molar refractivity (Wildman–Crippen MR) is 39.0 cm³/mol. The maximum absolute atomic E-state index is 10.9. The van der Waals surface area contributed by atoms with Gasteiger partial charge in [-0.1, -0.05) is 0 Å². The third-order valence-electron chi connectivity index (χ3n) is 1.20. The molecule has 0 aromatic carbocycles. The summed E-state index contributed by atoms with van der Waals surface area (Å²) in [6.07, 6.45) is 0. The third-order valence-corrected chi connectivity index (χ3v) is 1.20. The Bertz CT molecular complexity index is 279. The van der Waals surface area contributed by atoms with Crippen LogP contribution in [0.25, 0.3) is 0 Å². The van der Waals surface area contributed by atoms with Gasteiger partial charge in [-0.05, 0) is 0 Å². The van der Waals surface area contributed by atoms with Crippen molar-refractivity contribution < 1.29 is 9.21 Å². The molecule has 0 fully saturated rings. The van der Waals surface area contributed by atoms with Gasteiger partial charge in [0, 0.05) is 14.0 Å². The lowest BCUT2D eigenvalue weighted by Crippen LogP contribution is -2.19. The summed E-state index contributed by atoms with van der Waals surface area (Å²) in [4.78, 5) is 14.7. The number of carbonyl (C=O) groups excluding carboxylic acids is 1. The Hall–Kier alpha value is -1.52. The van der Waals surface area contributed by atoms with Crippen molar-refractivity contribution in [1.29, 1.82) is 0 Å². The third kappa shape index (κ3) is 1.31. The van der Waals surface area contributed by atoms with Gasteiger partial charge in [0.05, 0.1) is 0 Å². The minimum Gasteiger partial charge on any atom is -0.425 e. The van der Waals surface area contributed by atoms with Crippen LogP contribution in [-0.2, 0) is 0 Å². The van der Waals surface area contributed by atoms with Crippen molar-refractivity contribution in [3.8, 4) is 0 Å². The number of nitrogen functional groups attached to an aromatic ring is 1. The summed E-state index contributed by atoms with van der Waals surface area (Å²) in [7, 11) is 1.51. The van der Waals surface area contributed by atoms with E-state index in [-0.39, 0.29) is 17.5 Å². The molecule has 0 aliphatic heterocycles. The lowest BCUT2D eigenvalue weighted by atomic mass is 10.4. The quantitative estimate of drug-likeness (QED) is 0.594. The van der Waals surface area contributed by atoms with E-state index in [0.29, 0.717) is 5.89 Å². The largest absolute Gasteiger partial charge is 0.425 e. The molecule has 1 aromatic heterocycles. The summed E-state index contributed by atoms with van der Waals surface area (Å²) >= 11 is 0. The second-order valence-corrected chi connectivity index (χ2v) is 2.02. The smallest absolute Gasteiger partial charge is 0.275 e. The van der Waals surface area contributed by atoms with Crippen molar-refractivity contribution in [2.45, 2.75) is 6.92 Å². The predicted octanol–water partition coefficient (Wildman–Crippen LogP) is -0.0752. The first-order chi connectivity index (χ1) is 5.15. The van der Waals surface area contributed by atoms with E-state index in [4.69, 9.17) is 10.2 Å². The average Bonchev–Trinajstić information content (AvgIpc) is 2.28. The number of anilines is 1. The number of amides is 1. The number of nitrogens with zero attached hydrogens (tertiary/aromatic N) is 1. The minimum atomic E-state index is -0.334. The Morgan fingerprint density at radius 3 is 2.73 bits per heavy atom. The highest BCUT2D eigenvalue weighted by atomic mass is 16.4. The van der Waals surface area contributed by atoms with E-state index in [2.05, 4.69) is 10.3 Å². The summed E-state index contributed by atoms with van der Waals surface area (Å²) < 4.78 is 4.84. The molecule has 1 aromatic rings. The number of nitrogens with two attached hydrogens (primary N) is 1. The molecule has 60 valence electrons. The molecule has 0 atom stereocenters. The first-order valence-electron chi connectivity index (χ1n) is 3.10. The van der Waals surface area contributed by atoms with E-state index in [9.17, 15) is 4.79 Å². The van der Waals surface area contributed by atoms with Gasteiger partial charge < -0.3 is 15.5 Å². The minimum absolute atomic E-state index is 0.0573. The molecule has 0 aliphatic rings. The van der Waals surface area contributed by atoms with E-state index in [0.717, 1.165) is 0 Å². The number of hydrogen-bond acceptors (Lipinski definition) is 4. The highest BCUT2D eigenvalue weighted by molar-refractivity contribution is 5.95. The first-order valence-corrected chi connectivity index (χ1v) is 3.10. The Morgan fingerprint density at radius 2 is 2.36 bits per heavy atom. The average molecular weight is 155 g/mol. The molecule has 5 nitrogen and oxygen atoms in total. The van der Waals surface area contributed by atoms with Crippen molar-refractivity contribution in [2.24, 2.45) is 0 Å². The monoisotopic (exact) mass is 155 g/mol. The molecule has 0 saturated carbocycles. The number of carbonyl (C=O) groups is 1. The second-order valence-electron chi connectivity index (χ2n) is 2.02. The summed E-state index contributed by atoms with van der Waals surface area (Å²) in [5.74, 6) is 0.113. The maximum atomic E-state index is 10.9. The van der Waals surface area contributed by atoms with Gasteiger partial charge in [0.15, 0.2) is 11.6 Å². The molecular formula is C6H9N3O2. The molecule has 0 spiro atoms. The molecule has 0 saturated heterocycles. The zero-order valence-corrected chi connectivity index (χ0v) is 6.34. The zero-order valence-electron chi connectivity index (χ0n) is 6.34. The molecule has 1 heterocycles. The van der Waals surface area contributed by atoms with Gasteiger partial charge in [0.2, 0.25) is 5.88 Å². The lowest BCUT2D eigenvalue weighted by Gasteiger charge is -1.91. The first kappa shape index (κ1) is 7.59. The van der Waals surface area contributed by atoms with Crippen molar-refractivity contribution in [2.75, 3.05) is 12.8 Å². The van der Waals surface area contributed by atoms with Gasteiger partial charge in [0.1, 0.15) is 0 Å². The molecule has 0 unspecified atom stereocenters. The van der Waals surface area contributed by atoms with Crippen LogP contribution in [0.2, 0.25) is 0 Å². The van der Waals surface area contributed by atoms with E-state index < -0.39 is 0 Å². The molecular weight excluding hydrogens is 146 g/mol. The Kier molecular flexibility index (Phi) is 1.80. The summed E-state index contributed by atoms with van der Waals surface area (Å²) in [6.45, 7) is 1.63. The fraction of sp³-hybridized carbons (Fsp3) is 0.333. The molecule has 5 heteroatoms. The van der Waals surface area contributed by atoms with Crippen molar-refractivity contribution >= 4 is 11.8 Å². The van der Waals surface area contributed by atoms with E-state index in [1.165, 1.54) is 7.05 Å². The Balaban J connectivity index is 3.03. The standard InChI is InChI=1S/C6H9N3O2/c1-3-9-4(5(7)11-3)6(10)8-2/h7H2,1-2H3,(H,8,10). The SMILES string of the molecule is CNC(=O)c1nc(C)oc1N. The molecule has 1 amide bonds. The number of aryl methyl sites for hydroxylation is 1. The van der Waals surface area contributed by atoms with Crippen LogP contribution in [0.3, 0.4) is 0 Å². The van der Waals surface area contributed by atoms with Crippen molar-refractivity contribution in [3.05, 3.63) is 11.6 Å². The normalized spacial score (nSPS) is 9.64. The second kappa shape index (κ2) is 2.61. The van der Waals surface area contributed by atoms with Gasteiger partial charge in [-0.3, -0.25) is 4.79 Å². The van der Waals surface area contributed by atoms with Crippen LogP contribution in [0.4, 0.5) is 5.88 Å². The van der Waals surface area contributed by atoms with Gasteiger partial charge in [0.25, 0.3) is 5.91 Å². The number of oxazole rings is 1. The maximum Gasteiger partial charge on any atom is 0.275 e. The Morgan fingerprint density at radius 1 is 1.73 bits per heavy atom. The fourth-order valence-corrected chi connectivity index (χ4v) is 0.724. The van der Waals surface area contributed by atoms with Gasteiger partial charge in [-0.25, -0.2) is 4.98 Å². The lowest BCUT2D eigenvalue weighted by molar-refractivity contribution is 0.0959. The van der Waals surface area contributed by atoms with Crippen LogP contribution >= 0.6 is 0 Å². The van der Waals surface area contributed by atoms with Crippen LogP contribution in [-0.4, -0.2) is 17.9 Å². The number of hydrogen-bond donors (Lipinski definition) is 2. The zero-order chi connectivity index (χ0) is 8.43. The number of rotatable bonds is 1. The summed E-state index contributed by atoms with van der Waals surface area (Å²) in [6, 6.07) is 0. The van der Waals surface area contributed by atoms with Gasteiger partial charge in [-0.15, -0.1) is 0 Å². The van der Waals surface area contributed by atoms with Crippen LogP contribution < -0.4 is 11.1 Å². The molecule has 0 bridgehead atoms. The van der Waals surface area contributed by atoms with Crippen molar-refractivity contribution in [3.63, 3.8) is 0 Å². The number of aromatic nitrogens is 1.